The smallest absolute Gasteiger partial charge is 0.294 e. The van der Waals surface area contributed by atoms with Crippen LogP contribution in [0.5, 0.6) is 5.75 Å². The molecule has 0 radical (unpaired) electrons. The van der Waals surface area contributed by atoms with E-state index in [1.807, 2.05) is 37.1 Å². The Morgan fingerprint density at radius 2 is 1.88 bits per heavy atom. The highest BCUT2D eigenvalue weighted by Crippen LogP contribution is 2.46. The fourth-order valence-electron chi connectivity index (χ4n) is 4.44. The highest BCUT2D eigenvalue weighted by Gasteiger charge is 2.33. The van der Waals surface area contributed by atoms with E-state index in [0.717, 1.165) is 45.6 Å². The van der Waals surface area contributed by atoms with Crippen LogP contribution in [0.1, 0.15) is 26.7 Å². The molecule has 0 unspecified atom stereocenters. The molecule has 0 atom stereocenters. The minimum absolute atomic E-state index is 0.0794. The maximum absolute atomic E-state index is 13.8. The topological polar surface area (TPSA) is 122 Å². The fourth-order valence-corrected chi connectivity index (χ4v) is 7.82. The predicted octanol–water partition coefficient (Wildman–Crippen LogP) is 3.50. The Bertz CT molecular complexity index is 1880. The Hall–Kier alpha value is -3.10. The number of anilines is 2. The second kappa shape index (κ2) is 10.7. The number of hydrazone groups is 1. The van der Waals surface area contributed by atoms with E-state index in [2.05, 4.69) is 5.10 Å². The van der Waals surface area contributed by atoms with E-state index in [1.165, 1.54) is 29.2 Å². The van der Waals surface area contributed by atoms with Gasteiger partial charge in [0.1, 0.15) is 20.0 Å². The van der Waals surface area contributed by atoms with Crippen LogP contribution in [0.4, 0.5) is 11.4 Å². The second-order valence-corrected chi connectivity index (χ2v) is 13.0. The second-order valence-electron chi connectivity index (χ2n) is 9.11. The number of hydrogen-bond donors (Lipinski definition) is 1. The van der Waals surface area contributed by atoms with Gasteiger partial charge in [-0.3, -0.25) is 18.7 Å². The number of carbonyl (C=O) groups is 1. The third-order valence-corrected chi connectivity index (χ3v) is 10.2. The first-order chi connectivity index (χ1) is 19.0. The van der Waals surface area contributed by atoms with Crippen LogP contribution in [0.3, 0.4) is 0 Å². The molecule has 2 aliphatic rings. The van der Waals surface area contributed by atoms with Crippen molar-refractivity contribution in [3.63, 3.8) is 0 Å². The Labute approximate surface area is 243 Å². The van der Waals surface area contributed by atoms with Crippen LogP contribution in [0.25, 0.3) is 10.6 Å². The Morgan fingerprint density at radius 3 is 2.52 bits per heavy atom. The maximum Gasteiger partial charge on any atom is 0.294 e. The summed E-state index contributed by atoms with van der Waals surface area (Å²) in [5, 5.41) is 6.16. The molecule has 1 amide bonds. The van der Waals surface area contributed by atoms with Gasteiger partial charge in [0.15, 0.2) is 0 Å². The van der Waals surface area contributed by atoms with E-state index in [9.17, 15) is 22.6 Å². The SMILES string of the molecule is CCCCn1c(=O)/c(=C2/Sc3ccc(OC)cc3N2C)s/c1=C1/C(=O)N(c2ccc(S(=O)(=O)O)cc2Cl)N=C1C. The van der Waals surface area contributed by atoms with Crippen LogP contribution in [0, 0.1) is 0 Å². The molecule has 40 heavy (non-hydrogen) atoms. The largest absolute Gasteiger partial charge is 0.497 e. The quantitative estimate of drug-likeness (QED) is 0.416. The molecule has 14 heteroatoms. The Kier molecular flexibility index (Phi) is 7.61. The van der Waals surface area contributed by atoms with Crippen molar-refractivity contribution in [1.29, 1.82) is 0 Å². The molecule has 0 aliphatic carbocycles. The number of thiazole rings is 1. The zero-order valence-corrected chi connectivity index (χ0v) is 25.2. The summed E-state index contributed by atoms with van der Waals surface area (Å²) in [5.74, 6) is 0.212. The van der Waals surface area contributed by atoms with Crippen LogP contribution in [-0.4, -0.2) is 43.3 Å². The number of amides is 1. The van der Waals surface area contributed by atoms with Gasteiger partial charge < -0.3 is 9.64 Å². The van der Waals surface area contributed by atoms with Gasteiger partial charge in [-0.15, -0.1) is 11.3 Å². The number of ether oxygens (including phenoxy) is 1. The lowest BCUT2D eigenvalue weighted by Gasteiger charge is -2.14. The number of unbranched alkanes of at least 4 members (excludes halogenated alkanes) is 1. The van der Waals surface area contributed by atoms with Gasteiger partial charge in [0.2, 0.25) is 0 Å². The zero-order valence-electron chi connectivity index (χ0n) is 22.0. The van der Waals surface area contributed by atoms with Gasteiger partial charge in [0.05, 0.1) is 39.7 Å². The van der Waals surface area contributed by atoms with Gasteiger partial charge in [0, 0.05) is 24.6 Å². The number of carbonyl (C=O) groups excluding carboxylic acids is 1. The third kappa shape index (κ3) is 4.85. The summed E-state index contributed by atoms with van der Waals surface area (Å²) in [7, 11) is -0.982. The van der Waals surface area contributed by atoms with Crippen molar-refractivity contribution in [2.24, 2.45) is 5.10 Å². The molecule has 2 aliphatic heterocycles. The number of halogens is 1. The van der Waals surface area contributed by atoms with Gasteiger partial charge in [0.25, 0.3) is 21.6 Å². The summed E-state index contributed by atoms with van der Waals surface area (Å²) in [6.07, 6.45) is 1.59. The van der Waals surface area contributed by atoms with Crippen molar-refractivity contribution in [2.45, 2.75) is 43.0 Å². The first-order valence-corrected chi connectivity index (χ1v) is 15.7. The molecule has 1 N–H and O–H groups in total. The summed E-state index contributed by atoms with van der Waals surface area (Å²) in [6, 6.07) is 9.24. The molecule has 0 spiro atoms. The zero-order chi connectivity index (χ0) is 28.9. The van der Waals surface area contributed by atoms with Gasteiger partial charge in [-0.1, -0.05) is 36.7 Å². The number of fused-ring (bicyclic) bond motifs is 1. The number of benzene rings is 2. The highest BCUT2D eigenvalue weighted by molar-refractivity contribution is 8.08. The Morgan fingerprint density at radius 1 is 1.12 bits per heavy atom. The first kappa shape index (κ1) is 28.4. The van der Waals surface area contributed by atoms with E-state index < -0.39 is 20.9 Å². The van der Waals surface area contributed by atoms with Crippen LogP contribution < -0.4 is 29.4 Å². The van der Waals surface area contributed by atoms with Crippen molar-refractivity contribution < 1.29 is 22.5 Å². The molecule has 3 aromatic rings. The van der Waals surface area contributed by atoms with Gasteiger partial charge in [-0.25, -0.2) is 0 Å². The molecule has 3 heterocycles. The van der Waals surface area contributed by atoms with Crippen molar-refractivity contribution in [3.8, 4) is 5.75 Å². The molecule has 0 saturated carbocycles. The molecular formula is C26H25ClN4O6S3. The summed E-state index contributed by atoms with van der Waals surface area (Å²) in [6.45, 7) is 4.13. The molecule has 210 valence electrons. The van der Waals surface area contributed by atoms with Gasteiger partial charge in [-0.2, -0.15) is 18.5 Å². The first-order valence-electron chi connectivity index (χ1n) is 12.2. The molecule has 2 aromatic carbocycles. The van der Waals surface area contributed by atoms with Crippen LogP contribution in [0.15, 0.2) is 56.1 Å². The van der Waals surface area contributed by atoms with Crippen molar-refractivity contribution in [3.05, 3.63) is 61.0 Å². The summed E-state index contributed by atoms with van der Waals surface area (Å²) in [5.41, 5.74) is 1.54. The molecule has 10 nitrogen and oxygen atoms in total. The fraction of sp³-hybridized carbons (Fsp3) is 0.269. The number of hydrogen-bond acceptors (Lipinski definition) is 9. The van der Waals surface area contributed by atoms with Crippen molar-refractivity contribution in [1.82, 2.24) is 4.57 Å². The molecule has 0 fully saturated rings. The molecule has 1 aromatic heterocycles. The normalized spacial score (nSPS) is 17.9. The van der Waals surface area contributed by atoms with E-state index >= 15 is 0 Å². The number of rotatable bonds is 6. The molecule has 0 bridgehead atoms. The Balaban J connectivity index is 1.68. The number of thioether (sulfide) groups is 1. The lowest BCUT2D eigenvalue weighted by atomic mass is 10.2. The van der Waals surface area contributed by atoms with Crippen LogP contribution in [-0.2, 0) is 21.5 Å². The standard InChI is InChI=1S/C26H25ClN4O6S3/c1-5-6-11-30-24(33)22(26-29(3)19-12-15(37-4)7-10-20(19)38-26)39-25(30)21-14(2)28-31(23(21)32)18-9-8-16(13-17(18)27)40(34,35)36/h7-10,12-13H,5-6,11H2,1-4H3,(H,34,35,36)/b25-21+,26-22-. The van der Waals surface area contributed by atoms with Crippen LogP contribution >= 0.6 is 34.7 Å². The summed E-state index contributed by atoms with van der Waals surface area (Å²) in [4.78, 5) is 30.1. The van der Waals surface area contributed by atoms with Crippen LogP contribution in [0.2, 0.25) is 5.02 Å². The molecule has 0 saturated heterocycles. The predicted molar refractivity (Wildman–Crippen MR) is 159 cm³/mol. The average molecular weight is 621 g/mol. The van der Waals surface area contributed by atoms with E-state index in [-0.39, 0.29) is 21.8 Å². The van der Waals surface area contributed by atoms with Gasteiger partial charge in [-0.05, 0) is 43.7 Å². The number of aromatic nitrogens is 1. The highest BCUT2D eigenvalue weighted by atomic mass is 35.5. The average Bonchev–Trinajstić information content (AvgIpc) is 3.51. The number of nitrogens with zero attached hydrogens (tertiary/aromatic N) is 4. The number of methoxy groups -OCH3 is 1. The van der Waals surface area contributed by atoms with E-state index in [4.69, 9.17) is 16.3 Å². The monoisotopic (exact) mass is 620 g/mol. The summed E-state index contributed by atoms with van der Waals surface area (Å²) < 4.78 is 40.3. The van der Waals surface area contributed by atoms with Gasteiger partial charge >= 0.3 is 0 Å². The van der Waals surface area contributed by atoms with Crippen molar-refractivity contribution in [2.75, 3.05) is 24.1 Å². The molecule has 5 rings (SSSR count). The minimum atomic E-state index is -4.48. The van der Waals surface area contributed by atoms with Crippen molar-refractivity contribution >= 4 is 78.4 Å². The third-order valence-electron chi connectivity index (χ3n) is 6.53. The van der Waals surface area contributed by atoms with E-state index in [1.54, 1.807) is 18.6 Å². The lowest BCUT2D eigenvalue weighted by Crippen LogP contribution is -2.35. The lowest BCUT2D eigenvalue weighted by molar-refractivity contribution is -0.112. The van der Waals surface area contributed by atoms with E-state index in [0.29, 0.717) is 27.2 Å². The molecular weight excluding hydrogens is 596 g/mol. The summed E-state index contributed by atoms with van der Waals surface area (Å²) >= 11 is 9.02. The minimum Gasteiger partial charge on any atom is -0.497 e. The maximum atomic E-state index is 13.8.